The molecule has 0 unspecified atom stereocenters. The summed E-state index contributed by atoms with van der Waals surface area (Å²) in [4.78, 5) is 14.7. The monoisotopic (exact) mass is 308 g/mol. The van der Waals surface area contributed by atoms with Crippen molar-refractivity contribution in [2.45, 2.75) is 33.2 Å². The molecule has 120 valence electrons. The summed E-state index contributed by atoms with van der Waals surface area (Å²) in [7, 11) is 2.14. The highest BCUT2D eigenvalue weighted by atomic mass is 16.1. The van der Waals surface area contributed by atoms with E-state index in [0.29, 0.717) is 6.54 Å². The van der Waals surface area contributed by atoms with Crippen molar-refractivity contribution in [3.63, 3.8) is 0 Å². The first-order chi connectivity index (χ1) is 11.0. The molecule has 0 aliphatic carbocycles. The SMILES string of the molecule is Cc1ccc(C)c(C(=O)NCc2ccc3c(c2)CCCN3C)c1. The van der Waals surface area contributed by atoms with Gasteiger partial charge in [0.25, 0.3) is 5.91 Å². The van der Waals surface area contributed by atoms with E-state index in [1.165, 1.54) is 17.7 Å². The van der Waals surface area contributed by atoms with Crippen LogP contribution in [0, 0.1) is 13.8 Å². The van der Waals surface area contributed by atoms with E-state index >= 15 is 0 Å². The number of rotatable bonds is 3. The van der Waals surface area contributed by atoms with E-state index < -0.39 is 0 Å². The third kappa shape index (κ3) is 3.39. The molecule has 23 heavy (non-hydrogen) atoms. The molecule has 0 fully saturated rings. The summed E-state index contributed by atoms with van der Waals surface area (Å²) in [6.45, 7) is 5.68. The number of hydrogen-bond acceptors (Lipinski definition) is 2. The molecular weight excluding hydrogens is 284 g/mol. The fraction of sp³-hybridized carbons (Fsp3) is 0.350. The number of aryl methyl sites for hydroxylation is 3. The maximum absolute atomic E-state index is 12.4. The fourth-order valence-corrected chi connectivity index (χ4v) is 3.21. The van der Waals surface area contributed by atoms with E-state index in [1.54, 1.807) is 0 Å². The van der Waals surface area contributed by atoms with E-state index in [1.807, 2.05) is 32.0 Å². The van der Waals surface area contributed by atoms with Crippen molar-refractivity contribution < 1.29 is 4.79 Å². The van der Waals surface area contributed by atoms with Crippen molar-refractivity contribution in [2.24, 2.45) is 0 Å². The number of fused-ring (bicyclic) bond motifs is 1. The Morgan fingerprint density at radius 3 is 2.83 bits per heavy atom. The number of nitrogens with zero attached hydrogens (tertiary/aromatic N) is 1. The molecular formula is C20H24N2O. The van der Waals surface area contributed by atoms with Crippen molar-refractivity contribution >= 4 is 11.6 Å². The minimum atomic E-state index is 0.000962. The van der Waals surface area contributed by atoms with Crippen LogP contribution in [0.25, 0.3) is 0 Å². The lowest BCUT2D eigenvalue weighted by atomic mass is 9.99. The van der Waals surface area contributed by atoms with E-state index in [0.717, 1.165) is 35.2 Å². The zero-order valence-corrected chi connectivity index (χ0v) is 14.1. The minimum absolute atomic E-state index is 0.000962. The molecule has 2 aromatic carbocycles. The highest BCUT2D eigenvalue weighted by Gasteiger charge is 2.14. The molecule has 0 radical (unpaired) electrons. The maximum Gasteiger partial charge on any atom is 0.251 e. The topological polar surface area (TPSA) is 32.3 Å². The van der Waals surface area contributed by atoms with Crippen molar-refractivity contribution in [1.82, 2.24) is 5.32 Å². The summed E-state index contributed by atoms with van der Waals surface area (Å²) in [6, 6.07) is 12.5. The molecule has 0 aromatic heterocycles. The van der Waals surface area contributed by atoms with Gasteiger partial charge in [-0.2, -0.15) is 0 Å². The molecule has 1 aliphatic heterocycles. The highest BCUT2D eigenvalue weighted by Crippen LogP contribution is 2.26. The summed E-state index contributed by atoms with van der Waals surface area (Å²) >= 11 is 0. The Kier molecular flexibility index (Phi) is 4.37. The minimum Gasteiger partial charge on any atom is -0.374 e. The normalized spacial score (nSPS) is 13.6. The quantitative estimate of drug-likeness (QED) is 0.939. The molecule has 2 aromatic rings. The van der Waals surface area contributed by atoms with Crippen LogP contribution in [0.4, 0.5) is 5.69 Å². The Labute approximate surface area is 138 Å². The van der Waals surface area contributed by atoms with Gasteiger partial charge in [-0.05, 0) is 55.5 Å². The van der Waals surface area contributed by atoms with Gasteiger partial charge < -0.3 is 10.2 Å². The number of amides is 1. The van der Waals surface area contributed by atoms with Gasteiger partial charge >= 0.3 is 0 Å². The van der Waals surface area contributed by atoms with Gasteiger partial charge in [0, 0.05) is 31.4 Å². The Hall–Kier alpha value is -2.29. The lowest BCUT2D eigenvalue weighted by Crippen LogP contribution is -2.26. The highest BCUT2D eigenvalue weighted by molar-refractivity contribution is 5.95. The van der Waals surface area contributed by atoms with E-state index in [-0.39, 0.29) is 5.91 Å². The number of benzene rings is 2. The predicted molar refractivity (Wildman–Crippen MR) is 95.1 cm³/mol. The molecule has 0 saturated carbocycles. The molecule has 1 amide bonds. The average Bonchev–Trinajstić information content (AvgIpc) is 2.55. The van der Waals surface area contributed by atoms with Crippen LogP contribution in [0.3, 0.4) is 0 Å². The zero-order valence-electron chi connectivity index (χ0n) is 14.1. The Balaban J connectivity index is 1.71. The van der Waals surface area contributed by atoms with E-state index in [9.17, 15) is 4.79 Å². The second kappa shape index (κ2) is 6.45. The van der Waals surface area contributed by atoms with Crippen LogP contribution in [0.5, 0.6) is 0 Å². The third-order valence-electron chi connectivity index (χ3n) is 4.59. The molecule has 3 rings (SSSR count). The van der Waals surface area contributed by atoms with E-state index in [2.05, 4.69) is 35.5 Å². The van der Waals surface area contributed by atoms with Crippen LogP contribution >= 0.6 is 0 Å². The van der Waals surface area contributed by atoms with Gasteiger partial charge in [-0.25, -0.2) is 0 Å². The van der Waals surface area contributed by atoms with Crippen LogP contribution in [-0.2, 0) is 13.0 Å². The summed E-state index contributed by atoms with van der Waals surface area (Å²) in [5.41, 5.74) is 6.76. The van der Waals surface area contributed by atoms with Gasteiger partial charge in [0.1, 0.15) is 0 Å². The largest absolute Gasteiger partial charge is 0.374 e. The number of nitrogens with one attached hydrogen (secondary N) is 1. The zero-order chi connectivity index (χ0) is 16.4. The molecule has 3 heteroatoms. The summed E-state index contributed by atoms with van der Waals surface area (Å²) in [5.74, 6) is 0.000962. The lowest BCUT2D eigenvalue weighted by Gasteiger charge is -2.27. The predicted octanol–water partition coefficient (Wildman–Crippen LogP) is 3.62. The Morgan fingerprint density at radius 2 is 2.00 bits per heavy atom. The van der Waals surface area contributed by atoms with Crippen LogP contribution < -0.4 is 10.2 Å². The van der Waals surface area contributed by atoms with Gasteiger partial charge in [0.05, 0.1) is 0 Å². The van der Waals surface area contributed by atoms with Crippen LogP contribution in [0.2, 0.25) is 0 Å². The number of carbonyl (C=O) groups is 1. The molecule has 0 saturated heterocycles. The van der Waals surface area contributed by atoms with Crippen molar-refractivity contribution in [2.75, 3.05) is 18.5 Å². The Morgan fingerprint density at radius 1 is 1.17 bits per heavy atom. The van der Waals surface area contributed by atoms with Gasteiger partial charge in [-0.3, -0.25) is 4.79 Å². The molecule has 0 atom stereocenters. The number of hydrogen-bond donors (Lipinski definition) is 1. The van der Waals surface area contributed by atoms with Crippen LogP contribution in [0.15, 0.2) is 36.4 Å². The molecule has 1 aliphatic rings. The molecule has 1 heterocycles. The molecule has 1 N–H and O–H groups in total. The Bertz CT molecular complexity index is 736. The first-order valence-electron chi connectivity index (χ1n) is 8.23. The molecule has 3 nitrogen and oxygen atoms in total. The smallest absolute Gasteiger partial charge is 0.251 e. The molecule has 0 bridgehead atoms. The fourth-order valence-electron chi connectivity index (χ4n) is 3.21. The van der Waals surface area contributed by atoms with Crippen molar-refractivity contribution in [3.8, 4) is 0 Å². The van der Waals surface area contributed by atoms with Crippen molar-refractivity contribution in [1.29, 1.82) is 0 Å². The van der Waals surface area contributed by atoms with E-state index in [4.69, 9.17) is 0 Å². The van der Waals surface area contributed by atoms with Crippen LogP contribution in [-0.4, -0.2) is 19.5 Å². The van der Waals surface area contributed by atoms with Crippen LogP contribution in [0.1, 0.15) is 39.0 Å². The second-order valence-corrected chi connectivity index (χ2v) is 6.49. The van der Waals surface area contributed by atoms with Gasteiger partial charge in [-0.15, -0.1) is 0 Å². The summed E-state index contributed by atoms with van der Waals surface area (Å²) in [5, 5.41) is 3.05. The summed E-state index contributed by atoms with van der Waals surface area (Å²) in [6.07, 6.45) is 2.32. The standard InChI is InChI=1S/C20H24N2O/c1-14-6-7-15(2)18(11-14)20(23)21-13-16-8-9-19-17(12-16)5-4-10-22(19)3/h6-9,11-12H,4-5,10,13H2,1-3H3,(H,21,23). The lowest BCUT2D eigenvalue weighted by molar-refractivity contribution is 0.0950. The molecule has 0 spiro atoms. The van der Waals surface area contributed by atoms with Crippen molar-refractivity contribution in [3.05, 3.63) is 64.2 Å². The van der Waals surface area contributed by atoms with Gasteiger partial charge in [0.2, 0.25) is 0 Å². The first kappa shape index (κ1) is 15.6. The number of carbonyl (C=O) groups excluding carboxylic acids is 1. The summed E-state index contributed by atoms with van der Waals surface area (Å²) < 4.78 is 0. The average molecular weight is 308 g/mol. The van der Waals surface area contributed by atoms with Gasteiger partial charge in [-0.1, -0.05) is 29.8 Å². The first-order valence-corrected chi connectivity index (χ1v) is 8.23. The second-order valence-electron chi connectivity index (χ2n) is 6.49. The maximum atomic E-state index is 12.4. The number of anilines is 1. The third-order valence-corrected chi connectivity index (χ3v) is 4.59. The van der Waals surface area contributed by atoms with Gasteiger partial charge in [0.15, 0.2) is 0 Å².